The van der Waals surface area contributed by atoms with Crippen molar-refractivity contribution < 1.29 is 13.2 Å². The molecule has 0 spiro atoms. The number of nitrogens with one attached hydrogen (secondary N) is 1. The van der Waals surface area contributed by atoms with Crippen LogP contribution < -0.4 is 5.32 Å². The van der Waals surface area contributed by atoms with Crippen molar-refractivity contribution in [1.82, 2.24) is 4.90 Å². The molecule has 0 radical (unpaired) electrons. The van der Waals surface area contributed by atoms with E-state index in [0.717, 1.165) is 31.7 Å². The lowest BCUT2D eigenvalue weighted by molar-refractivity contribution is -0.186. The van der Waals surface area contributed by atoms with Gasteiger partial charge in [-0.1, -0.05) is 18.2 Å². The number of alkyl halides is 3. The highest BCUT2D eigenvalue weighted by Gasteiger charge is 2.41. The minimum absolute atomic E-state index is 0.162. The van der Waals surface area contributed by atoms with Crippen LogP contribution in [0.3, 0.4) is 0 Å². The number of halogens is 3. The molecule has 1 aliphatic heterocycles. The first-order valence-corrected chi connectivity index (χ1v) is 7.14. The van der Waals surface area contributed by atoms with E-state index in [1.807, 2.05) is 35.2 Å². The van der Waals surface area contributed by atoms with E-state index in [4.69, 9.17) is 0 Å². The smallest absolute Gasteiger partial charge is 0.385 e. The van der Waals surface area contributed by atoms with Gasteiger partial charge in [0.15, 0.2) is 0 Å². The summed E-state index contributed by atoms with van der Waals surface area (Å²) in [5, 5.41) is 3.28. The van der Waals surface area contributed by atoms with Crippen LogP contribution in [0.15, 0.2) is 30.3 Å². The van der Waals surface area contributed by atoms with Crippen molar-refractivity contribution in [2.45, 2.75) is 25.4 Å². The van der Waals surface area contributed by atoms with Gasteiger partial charge in [-0.05, 0) is 44.5 Å². The average Bonchev–Trinajstić information content (AvgIpc) is 2.44. The summed E-state index contributed by atoms with van der Waals surface area (Å²) in [6.45, 7) is 2.47. The summed E-state index contributed by atoms with van der Waals surface area (Å²) in [7, 11) is 0. The Morgan fingerprint density at radius 3 is 2.65 bits per heavy atom. The molecule has 0 aromatic heterocycles. The van der Waals surface area contributed by atoms with Crippen molar-refractivity contribution >= 4 is 5.69 Å². The monoisotopic (exact) mass is 286 g/mol. The topological polar surface area (TPSA) is 15.3 Å². The van der Waals surface area contributed by atoms with Crippen molar-refractivity contribution in [2.24, 2.45) is 5.92 Å². The molecule has 0 aliphatic carbocycles. The summed E-state index contributed by atoms with van der Waals surface area (Å²) < 4.78 is 38.1. The van der Waals surface area contributed by atoms with Gasteiger partial charge in [0, 0.05) is 18.8 Å². The number of para-hydroxylation sites is 1. The lowest BCUT2D eigenvalue weighted by Gasteiger charge is -2.33. The van der Waals surface area contributed by atoms with Crippen molar-refractivity contribution in [3.8, 4) is 0 Å². The number of piperidine rings is 1. The number of benzene rings is 1. The van der Waals surface area contributed by atoms with Crippen LogP contribution in [-0.4, -0.2) is 37.3 Å². The van der Waals surface area contributed by atoms with Gasteiger partial charge < -0.3 is 10.2 Å². The Morgan fingerprint density at radius 1 is 1.20 bits per heavy atom. The Kier molecular flexibility index (Phi) is 5.29. The van der Waals surface area contributed by atoms with Gasteiger partial charge in [0.25, 0.3) is 0 Å². The third-order valence-corrected chi connectivity index (χ3v) is 3.72. The number of anilines is 1. The standard InChI is InChI=1S/C15H21F3N2/c16-15(17,18)13-6-4-10-20(12-13)11-5-9-19-14-7-2-1-3-8-14/h1-3,7-8,13,19H,4-6,9-12H2. The molecule has 0 saturated carbocycles. The van der Waals surface area contributed by atoms with E-state index in [1.54, 1.807) is 0 Å². The van der Waals surface area contributed by atoms with E-state index < -0.39 is 12.1 Å². The molecule has 1 aromatic rings. The Labute approximate surface area is 118 Å². The Balaban J connectivity index is 1.66. The van der Waals surface area contributed by atoms with Gasteiger partial charge in [-0.25, -0.2) is 0 Å². The first kappa shape index (κ1) is 15.2. The number of likely N-dealkylation sites (tertiary alicyclic amines) is 1. The molecule has 2 rings (SSSR count). The predicted octanol–water partition coefficient (Wildman–Crippen LogP) is 3.76. The highest BCUT2D eigenvalue weighted by Crippen LogP contribution is 2.33. The molecular weight excluding hydrogens is 265 g/mol. The van der Waals surface area contributed by atoms with Crippen LogP contribution in [-0.2, 0) is 0 Å². The second-order valence-corrected chi connectivity index (χ2v) is 5.33. The van der Waals surface area contributed by atoms with Crippen LogP contribution >= 0.6 is 0 Å². The van der Waals surface area contributed by atoms with Crippen LogP contribution in [0, 0.1) is 5.92 Å². The molecule has 1 saturated heterocycles. The van der Waals surface area contributed by atoms with Gasteiger partial charge in [-0.15, -0.1) is 0 Å². The molecule has 1 unspecified atom stereocenters. The van der Waals surface area contributed by atoms with Gasteiger partial charge in [0.1, 0.15) is 0 Å². The zero-order valence-corrected chi connectivity index (χ0v) is 11.5. The molecule has 1 fully saturated rings. The normalized spacial score (nSPS) is 20.9. The summed E-state index contributed by atoms with van der Waals surface area (Å²) in [5.41, 5.74) is 1.05. The summed E-state index contributed by atoms with van der Waals surface area (Å²) in [6, 6.07) is 9.85. The summed E-state index contributed by atoms with van der Waals surface area (Å²) in [6.07, 6.45) is -2.25. The molecule has 1 aliphatic rings. The van der Waals surface area contributed by atoms with Crippen molar-refractivity contribution in [3.05, 3.63) is 30.3 Å². The van der Waals surface area contributed by atoms with E-state index in [2.05, 4.69) is 5.32 Å². The second-order valence-electron chi connectivity index (χ2n) is 5.33. The van der Waals surface area contributed by atoms with Crippen molar-refractivity contribution in [1.29, 1.82) is 0 Å². The summed E-state index contributed by atoms with van der Waals surface area (Å²) >= 11 is 0. The molecule has 2 nitrogen and oxygen atoms in total. The van der Waals surface area contributed by atoms with E-state index >= 15 is 0 Å². The molecular formula is C15H21F3N2. The molecule has 1 heterocycles. The van der Waals surface area contributed by atoms with Crippen molar-refractivity contribution in [3.63, 3.8) is 0 Å². The quantitative estimate of drug-likeness (QED) is 0.829. The van der Waals surface area contributed by atoms with Crippen LogP contribution in [0.2, 0.25) is 0 Å². The van der Waals surface area contributed by atoms with Gasteiger partial charge in [-0.2, -0.15) is 13.2 Å². The molecule has 0 amide bonds. The number of hydrogen-bond donors (Lipinski definition) is 1. The lowest BCUT2D eigenvalue weighted by Crippen LogP contribution is -2.42. The Morgan fingerprint density at radius 2 is 1.95 bits per heavy atom. The van der Waals surface area contributed by atoms with E-state index in [9.17, 15) is 13.2 Å². The Hall–Kier alpha value is -1.23. The predicted molar refractivity (Wildman–Crippen MR) is 74.8 cm³/mol. The maximum Gasteiger partial charge on any atom is 0.393 e. The van der Waals surface area contributed by atoms with Gasteiger partial charge in [0.2, 0.25) is 0 Å². The molecule has 1 atom stereocenters. The second kappa shape index (κ2) is 6.97. The zero-order valence-electron chi connectivity index (χ0n) is 11.5. The minimum atomic E-state index is -4.04. The summed E-state index contributed by atoms with van der Waals surface area (Å²) in [4.78, 5) is 1.94. The van der Waals surface area contributed by atoms with Crippen LogP contribution in [0.5, 0.6) is 0 Å². The van der Waals surface area contributed by atoms with Crippen LogP contribution in [0.25, 0.3) is 0 Å². The number of nitrogens with zero attached hydrogens (tertiary/aromatic N) is 1. The third kappa shape index (κ3) is 4.71. The fourth-order valence-corrected chi connectivity index (χ4v) is 2.62. The van der Waals surface area contributed by atoms with Gasteiger partial charge in [-0.3, -0.25) is 0 Å². The minimum Gasteiger partial charge on any atom is -0.385 e. The third-order valence-electron chi connectivity index (χ3n) is 3.72. The number of rotatable bonds is 5. The van der Waals surface area contributed by atoms with Crippen LogP contribution in [0.4, 0.5) is 18.9 Å². The fourth-order valence-electron chi connectivity index (χ4n) is 2.62. The van der Waals surface area contributed by atoms with E-state index in [1.165, 1.54) is 0 Å². The SMILES string of the molecule is FC(F)(F)C1CCCN(CCCNc2ccccc2)C1. The van der Waals surface area contributed by atoms with Crippen LogP contribution in [0.1, 0.15) is 19.3 Å². The highest BCUT2D eigenvalue weighted by molar-refractivity contribution is 5.42. The maximum atomic E-state index is 12.7. The van der Waals surface area contributed by atoms with E-state index in [0.29, 0.717) is 6.42 Å². The maximum absolute atomic E-state index is 12.7. The molecule has 1 N–H and O–H groups in total. The average molecular weight is 286 g/mol. The molecule has 5 heteroatoms. The molecule has 112 valence electrons. The first-order valence-electron chi connectivity index (χ1n) is 7.14. The molecule has 20 heavy (non-hydrogen) atoms. The van der Waals surface area contributed by atoms with Gasteiger partial charge >= 0.3 is 6.18 Å². The number of hydrogen-bond acceptors (Lipinski definition) is 2. The Bertz CT molecular complexity index is 392. The first-order chi connectivity index (χ1) is 9.55. The lowest BCUT2D eigenvalue weighted by atomic mass is 9.97. The zero-order chi connectivity index (χ0) is 14.4. The van der Waals surface area contributed by atoms with Crippen molar-refractivity contribution in [2.75, 3.05) is 31.5 Å². The largest absolute Gasteiger partial charge is 0.393 e. The van der Waals surface area contributed by atoms with Gasteiger partial charge in [0.05, 0.1) is 5.92 Å². The molecule has 1 aromatic carbocycles. The fraction of sp³-hybridized carbons (Fsp3) is 0.600. The van der Waals surface area contributed by atoms with E-state index in [-0.39, 0.29) is 13.0 Å². The molecule has 0 bridgehead atoms. The highest BCUT2D eigenvalue weighted by atomic mass is 19.4. The summed E-state index contributed by atoms with van der Waals surface area (Å²) in [5.74, 6) is -1.14.